The van der Waals surface area contributed by atoms with Crippen LogP contribution < -0.4 is 10.6 Å². The van der Waals surface area contributed by atoms with E-state index in [0.717, 1.165) is 38.0 Å². The average molecular weight is 501 g/mol. The van der Waals surface area contributed by atoms with Crippen molar-refractivity contribution in [3.05, 3.63) is 35.4 Å². The average Bonchev–Trinajstić information content (AvgIpc) is 3.13. The molecular formula is C18H27F3IN3O2. The van der Waals surface area contributed by atoms with E-state index in [1.165, 1.54) is 6.07 Å². The molecule has 1 heterocycles. The lowest BCUT2D eigenvalue weighted by Gasteiger charge is -2.14. The van der Waals surface area contributed by atoms with Crippen molar-refractivity contribution in [2.75, 3.05) is 33.4 Å². The van der Waals surface area contributed by atoms with Gasteiger partial charge >= 0.3 is 6.18 Å². The summed E-state index contributed by atoms with van der Waals surface area (Å²) in [4.78, 5) is 4.07. The normalized spacial score (nSPS) is 17.5. The lowest BCUT2D eigenvalue weighted by molar-refractivity contribution is -0.137. The van der Waals surface area contributed by atoms with Crippen LogP contribution in [0, 0.1) is 0 Å². The highest BCUT2D eigenvalue weighted by molar-refractivity contribution is 14.0. The summed E-state index contributed by atoms with van der Waals surface area (Å²) in [6.45, 7) is 3.00. The third kappa shape index (κ3) is 9.11. The number of hydrogen-bond donors (Lipinski definition) is 2. The number of nitrogens with zero attached hydrogens (tertiary/aromatic N) is 1. The zero-order valence-electron chi connectivity index (χ0n) is 15.3. The maximum absolute atomic E-state index is 12.7. The van der Waals surface area contributed by atoms with Gasteiger partial charge in [-0.2, -0.15) is 13.2 Å². The first-order valence-electron chi connectivity index (χ1n) is 8.79. The van der Waals surface area contributed by atoms with Crippen LogP contribution in [0.3, 0.4) is 0 Å². The van der Waals surface area contributed by atoms with Gasteiger partial charge in [-0.05, 0) is 37.0 Å². The van der Waals surface area contributed by atoms with Crippen molar-refractivity contribution < 1.29 is 22.6 Å². The third-order valence-electron chi connectivity index (χ3n) is 4.02. The second-order valence-corrected chi connectivity index (χ2v) is 6.11. The topological polar surface area (TPSA) is 54.9 Å². The minimum atomic E-state index is -4.33. The summed E-state index contributed by atoms with van der Waals surface area (Å²) in [5.41, 5.74) is -0.106. The molecule has 0 aromatic heterocycles. The number of rotatable bonds is 8. The van der Waals surface area contributed by atoms with Crippen molar-refractivity contribution in [2.24, 2.45) is 4.99 Å². The molecule has 1 saturated heterocycles. The summed E-state index contributed by atoms with van der Waals surface area (Å²) in [5, 5.41) is 6.13. The largest absolute Gasteiger partial charge is 0.416 e. The Labute approximate surface area is 175 Å². The third-order valence-corrected chi connectivity index (χ3v) is 4.02. The minimum absolute atomic E-state index is 0. The second kappa shape index (κ2) is 12.4. The first-order valence-corrected chi connectivity index (χ1v) is 8.79. The first kappa shape index (κ1) is 24.0. The lowest BCUT2D eigenvalue weighted by atomic mass is 10.1. The summed E-state index contributed by atoms with van der Waals surface area (Å²) < 4.78 is 49.2. The van der Waals surface area contributed by atoms with E-state index in [9.17, 15) is 13.2 Å². The van der Waals surface area contributed by atoms with E-state index >= 15 is 0 Å². The Hall–Kier alpha value is -1.07. The van der Waals surface area contributed by atoms with E-state index in [-0.39, 0.29) is 36.6 Å². The van der Waals surface area contributed by atoms with Crippen molar-refractivity contribution in [2.45, 2.75) is 38.1 Å². The van der Waals surface area contributed by atoms with Crippen LogP contribution in [0.15, 0.2) is 29.3 Å². The summed E-state index contributed by atoms with van der Waals surface area (Å²) in [5.74, 6) is 0.543. The van der Waals surface area contributed by atoms with Gasteiger partial charge in [-0.25, -0.2) is 0 Å². The van der Waals surface area contributed by atoms with E-state index in [4.69, 9.17) is 9.47 Å². The van der Waals surface area contributed by atoms with Crippen molar-refractivity contribution in [3.8, 4) is 0 Å². The number of alkyl halides is 3. The van der Waals surface area contributed by atoms with Crippen LogP contribution in [0.4, 0.5) is 13.2 Å². The molecular weight excluding hydrogens is 474 g/mol. The molecule has 1 aliphatic heterocycles. The molecule has 2 rings (SSSR count). The fraction of sp³-hybridized carbons (Fsp3) is 0.611. The maximum Gasteiger partial charge on any atom is 0.416 e. The highest BCUT2D eigenvalue weighted by atomic mass is 127. The fourth-order valence-corrected chi connectivity index (χ4v) is 2.64. The Balaban J connectivity index is 0.00000364. The van der Waals surface area contributed by atoms with Crippen LogP contribution in [-0.2, 0) is 22.2 Å². The first-order chi connectivity index (χ1) is 12.5. The summed E-state index contributed by atoms with van der Waals surface area (Å²) >= 11 is 0. The molecule has 0 bridgehead atoms. The summed E-state index contributed by atoms with van der Waals surface area (Å²) in [7, 11) is 1.62. The smallest absolute Gasteiger partial charge is 0.379 e. The van der Waals surface area contributed by atoms with Gasteiger partial charge in [-0.3, -0.25) is 4.99 Å². The molecule has 5 nitrogen and oxygen atoms in total. The molecule has 0 spiro atoms. The number of benzene rings is 1. The summed E-state index contributed by atoms with van der Waals surface area (Å²) in [6, 6.07) is 5.25. The highest BCUT2D eigenvalue weighted by Crippen LogP contribution is 2.29. The Morgan fingerprint density at radius 2 is 2.15 bits per heavy atom. The molecule has 9 heteroatoms. The molecule has 0 aliphatic carbocycles. The maximum atomic E-state index is 12.7. The highest BCUT2D eigenvalue weighted by Gasteiger charge is 2.30. The van der Waals surface area contributed by atoms with Gasteiger partial charge < -0.3 is 20.1 Å². The Morgan fingerprint density at radius 3 is 2.81 bits per heavy atom. The Kier molecular flexibility index (Phi) is 11.0. The molecule has 0 radical (unpaired) electrons. The molecule has 1 unspecified atom stereocenters. The lowest BCUT2D eigenvalue weighted by Crippen LogP contribution is -2.37. The standard InChI is InChI=1S/C18H26F3N3O2.HI/c1-22-17(23-8-4-9-25-13-16-7-3-10-26-16)24-12-14-5-2-6-15(11-14)18(19,20)21;/h2,5-6,11,16H,3-4,7-10,12-13H2,1H3,(H2,22,23,24);1H. The van der Waals surface area contributed by atoms with E-state index < -0.39 is 11.7 Å². The molecule has 1 aromatic carbocycles. The molecule has 0 amide bonds. The zero-order valence-corrected chi connectivity index (χ0v) is 17.7. The quantitative estimate of drug-likeness (QED) is 0.248. The Bertz CT molecular complexity index is 579. The van der Waals surface area contributed by atoms with Crippen molar-refractivity contribution in [1.29, 1.82) is 0 Å². The SMILES string of the molecule is CN=C(NCCCOCC1CCCO1)NCc1cccc(C(F)(F)F)c1.I. The molecule has 27 heavy (non-hydrogen) atoms. The van der Waals surface area contributed by atoms with Crippen molar-refractivity contribution in [3.63, 3.8) is 0 Å². The van der Waals surface area contributed by atoms with E-state index in [1.807, 2.05) is 0 Å². The van der Waals surface area contributed by atoms with Crippen LogP contribution in [0.1, 0.15) is 30.4 Å². The van der Waals surface area contributed by atoms with Crippen molar-refractivity contribution in [1.82, 2.24) is 10.6 Å². The Morgan fingerprint density at radius 1 is 1.33 bits per heavy atom. The zero-order chi connectivity index (χ0) is 18.8. The van der Waals surface area contributed by atoms with Gasteiger partial charge in [0.15, 0.2) is 5.96 Å². The monoisotopic (exact) mass is 501 g/mol. The number of nitrogens with one attached hydrogen (secondary N) is 2. The van der Waals surface area contributed by atoms with E-state index in [2.05, 4.69) is 15.6 Å². The van der Waals surface area contributed by atoms with Crippen LogP contribution in [0.2, 0.25) is 0 Å². The summed E-state index contributed by atoms with van der Waals surface area (Å²) in [6.07, 6.45) is -1.14. The van der Waals surface area contributed by atoms with Crippen LogP contribution >= 0.6 is 24.0 Å². The van der Waals surface area contributed by atoms with Gasteiger partial charge in [0.2, 0.25) is 0 Å². The second-order valence-electron chi connectivity index (χ2n) is 6.11. The number of halogens is 4. The molecule has 1 aliphatic rings. The fourth-order valence-electron chi connectivity index (χ4n) is 2.64. The number of hydrogen-bond acceptors (Lipinski definition) is 3. The van der Waals surface area contributed by atoms with Gasteiger partial charge in [0.25, 0.3) is 0 Å². The molecule has 154 valence electrons. The molecule has 1 atom stereocenters. The van der Waals surface area contributed by atoms with Gasteiger partial charge in [0.1, 0.15) is 0 Å². The molecule has 1 fully saturated rings. The van der Waals surface area contributed by atoms with Crippen molar-refractivity contribution >= 4 is 29.9 Å². The molecule has 1 aromatic rings. The molecule has 0 saturated carbocycles. The predicted octanol–water partition coefficient (Wildman–Crippen LogP) is 3.57. The van der Waals surface area contributed by atoms with E-state index in [0.29, 0.717) is 31.3 Å². The van der Waals surface area contributed by atoms with Gasteiger partial charge in [-0.15, -0.1) is 24.0 Å². The number of ether oxygens (including phenoxy) is 2. The van der Waals surface area contributed by atoms with E-state index in [1.54, 1.807) is 13.1 Å². The number of aliphatic imine (C=N–C) groups is 1. The van der Waals surface area contributed by atoms with Crippen LogP contribution in [-0.4, -0.2) is 45.5 Å². The predicted molar refractivity (Wildman–Crippen MR) is 109 cm³/mol. The van der Waals surface area contributed by atoms with Crippen LogP contribution in [0.5, 0.6) is 0 Å². The van der Waals surface area contributed by atoms with Gasteiger partial charge in [0, 0.05) is 33.4 Å². The van der Waals surface area contributed by atoms with Crippen LogP contribution in [0.25, 0.3) is 0 Å². The van der Waals surface area contributed by atoms with Gasteiger partial charge in [0.05, 0.1) is 18.3 Å². The van der Waals surface area contributed by atoms with Gasteiger partial charge in [-0.1, -0.05) is 12.1 Å². The number of guanidine groups is 1. The minimum Gasteiger partial charge on any atom is -0.379 e. The molecule has 2 N–H and O–H groups in total.